The van der Waals surface area contributed by atoms with E-state index in [0.29, 0.717) is 19.7 Å². The molecule has 0 radical (unpaired) electrons. The summed E-state index contributed by atoms with van der Waals surface area (Å²) in [5, 5.41) is 2.79. The number of carbonyl (C=O) groups excluding carboxylic acids is 2. The first-order valence-corrected chi connectivity index (χ1v) is 7.12. The van der Waals surface area contributed by atoms with E-state index in [1.54, 1.807) is 11.8 Å². The fourth-order valence-corrected chi connectivity index (χ4v) is 2.69. The van der Waals surface area contributed by atoms with Crippen LogP contribution in [-0.4, -0.2) is 42.8 Å². The molecule has 3 amide bonds. The van der Waals surface area contributed by atoms with E-state index >= 15 is 0 Å². The molecule has 0 spiro atoms. The molecule has 0 aromatic heterocycles. The number of amides is 3. The quantitative estimate of drug-likeness (QED) is 0.888. The van der Waals surface area contributed by atoms with E-state index in [2.05, 4.69) is 5.32 Å². The first-order valence-electron chi connectivity index (χ1n) is 7.12. The third-order valence-corrected chi connectivity index (χ3v) is 3.63. The summed E-state index contributed by atoms with van der Waals surface area (Å²) in [6.07, 6.45) is 0.299. The number of alkyl carbamates (subject to hydrolysis) is 1. The minimum absolute atomic E-state index is 0.152. The van der Waals surface area contributed by atoms with Gasteiger partial charge in [-0.1, -0.05) is 30.3 Å². The Balaban J connectivity index is 2.08. The summed E-state index contributed by atoms with van der Waals surface area (Å²) in [6.45, 7) is 3.06. The number of likely N-dealkylation sites (tertiary alicyclic amines) is 1. The summed E-state index contributed by atoms with van der Waals surface area (Å²) in [4.78, 5) is 24.6. The number of nitrogens with two attached hydrogens (primary N) is 1. The van der Waals surface area contributed by atoms with E-state index in [1.165, 1.54) is 0 Å². The zero-order chi connectivity index (χ0) is 15.2. The van der Waals surface area contributed by atoms with Crippen molar-refractivity contribution in [3.8, 4) is 0 Å². The van der Waals surface area contributed by atoms with Crippen molar-refractivity contribution in [1.82, 2.24) is 10.2 Å². The van der Waals surface area contributed by atoms with E-state index in [-0.39, 0.29) is 12.0 Å². The van der Waals surface area contributed by atoms with E-state index in [0.717, 1.165) is 12.0 Å². The number of ether oxygens (including phenoxy) is 1. The van der Waals surface area contributed by atoms with Crippen LogP contribution < -0.4 is 11.1 Å². The second-order valence-electron chi connectivity index (χ2n) is 5.15. The monoisotopic (exact) mass is 291 g/mol. The second-order valence-corrected chi connectivity index (χ2v) is 5.15. The molecule has 6 nitrogen and oxygen atoms in total. The van der Waals surface area contributed by atoms with Crippen LogP contribution in [0.15, 0.2) is 30.3 Å². The highest BCUT2D eigenvalue weighted by atomic mass is 16.5. The number of piperidine rings is 1. The minimum Gasteiger partial charge on any atom is -0.450 e. The van der Waals surface area contributed by atoms with Gasteiger partial charge in [-0.2, -0.15) is 0 Å². The number of nitrogens with zero attached hydrogens (tertiary/aromatic N) is 1. The van der Waals surface area contributed by atoms with Crippen molar-refractivity contribution in [2.24, 2.45) is 5.73 Å². The Morgan fingerprint density at radius 2 is 2.05 bits per heavy atom. The van der Waals surface area contributed by atoms with Gasteiger partial charge in [-0.3, -0.25) is 0 Å². The van der Waals surface area contributed by atoms with Crippen molar-refractivity contribution in [3.63, 3.8) is 0 Å². The first kappa shape index (κ1) is 15.2. The maximum absolute atomic E-state index is 11.6. The maximum atomic E-state index is 11.6. The molecule has 114 valence electrons. The zero-order valence-corrected chi connectivity index (χ0v) is 12.1. The highest BCUT2D eigenvalue weighted by Gasteiger charge is 2.31. The van der Waals surface area contributed by atoms with Crippen LogP contribution in [0, 0.1) is 0 Å². The Hall–Kier alpha value is -2.24. The van der Waals surface area contributed by atoms with E-state index < -0.39 is 12.1 Å². The van der Waals surface area contributed by atoms with Crippen molar-refractivity contribution in [2.45, 2.75) is 25.3 Å². The van der Waals surface area contributed by atoms with Gasteiger partial charge in [-0.15, -0.1) is 0 Å². The van der Waals surface area contributed by atoms with Crippen molar-refractivity contribution in [3.05, 3.63) is 35.9 Å². The van der Waals surface area contributed by atoms with E-state index in [9.17, 15) is 9.59 Å². The lowest BCUT2D eigenvalue weighted by atomic mass is 9.88. The molecule has 2 rings (SSSR count). The van der Waals surface area contributed by atoms with Crippen molar-refractivity contribution >= 4 is 12.1 Å². The number of hydrogen-bond acceptors (Lipinski definition) is 3. The van der Waals surface area contributed by atoms with Crippen LogP contribution in [0.5, 0.6) is 0 Å². The average Bonchev–Trinajstić information content (AvgIpc) is 2.48. The molecule has 0 saturated carbocycles. The molecule has 2 unspecified atom stereocenters. The number of benzene rings is 1. The summed E-state index contributed by atoms with van der Waals surface area (Å²) < 4.78 is 4.90. The molecule has 1 aromatic carbocycles. The van der Waals surface area contributed by atoms with Gasteiger partial charge in [0.1, 0.15) is 0 Å². The van der Waals surface area contributed by atoms with Crippen LogP contribution in [0.4, 0.5) is 9.59 Å². The van der Waals surface area contributed by atoms with E-state index in [1.807, 2.05) is 30.3 Å². The van der Waals surface area contributed by atoms with Gasteiger partial charge in [0, 0.05) is 19.0 Å². The van der Waals surface area contributed by atoms with Crippen molar-refractivity contribution in [1.29, 1.82) is 0 Å². The van der Waals surface area contributed by atoms with Crippen LogP contribution in [0.25, 0.3) is 0 Å². The molecular formula is C15H21N3O3. The largest absolute Gasteiger partial charge is 0.450 e. The van der Waals surface area contributed by atoms with Gasteiger partial charge in [0.15, 0.2) is 0 Å². The smallest absolute Gasteiger partial charge is 0.407 e. The molecule has 0 aliphatic carbocycles. The van der Waals surface area contributed by atoms with Crippen LogP contribution in [0.1, 0.15) is 24.8 Å². The third-order valence-electron chi connectivity index (χ3n) is 3.63. The van der Waals surface area contributed by atoms with E-state index in [4.69, 9.17) is 10.5 Å². The number of carbonyl (C=O) groups is 2. The summed E-state index contributed by atoms with van der Waals surface area (Å²) in [5.41, 5.74) is 6.54. The van der Waals surface area contributed by atoms with Crippen LogP contribution in [0.3, 0.4) is 0 Å². The highest BCUT2D eigenvalue weighted by molar-refractivity contribution is 5.72. The molecule has 1 saturated heterocycles. The molecule has 1 aliphatic rings. The summed E-state index contributed by atoms with van der Waals surface area (Å²) in [7, 11) is 0. The average molecular weight is 291 g/mol. The van der Waals surface area contributed by atoms with Gasteiger partial charge in [-0.25, -0.2) is 9.59 Å². The molecular weight excluding hydrogens is 270 g/mol. The molecule has 6 heteroatoms. The Bertz CT molecular complexity index is 492. The highest BCUT2D eigenvalue weighted by Crippen LogP contribution is 2.26. The zero-order valence-electron chi connectivity index (χ0n) is 12.1. The second kappa shape index (κ2) is 6.97. The topological polar surface area (TPSA) is 84.7 Å². The Morgan fingerprint density at radius 3 is 2.67 bits per heavy atom. The van der Waals surface area contributed by atoms with Crippen LogP contribution in [0.2, 0.25) is 0 Å². The lowest BCUT2D eigenvalue weighted by Gasteiger charge is -2.37. The molecule has 2 atom stereocenters. The van der Waals surface area contributed by atoms with Gasteiger partial charge in [0.25, 0.3) is 0 Å². The Kier molecular flexibility index (Phi) is 5.03. The number of urea groups is 1. The van der Waals surface area contributed by atoms with Gasteiger partial charge < -0.3 is 20.7 Å². The molecule has 3 N–H and O–H groups in total. The lowest BCUT2D eigenvalue weighted by Crippen LogP contribution is -2.53. The van der Waals surface area contributed by atoms with Gasteiger partial charge >= 0.3 is 12.1 Å². The first-order chi connectivity index (χ1) is 10.1. The van der Waals surface area contributed by atoms with Gasteiger partial charge in [0.2, 0.25) is 0 Å². The summed E-state index contributed by atoms with van der Waals surface area (Å²) in [6, 6.07) is 9.31. The third kappa shape index (κ3) is 4.11. The molecule has 1 fully saturated rings. The predicted octanol–water partition coefficient (Wildman–Crippen LogP) is 1.67. The Morgan fingerprint density at radius 1 is 1.33 bits per heavy atom. The maximum Gasteiger partial charge on any atom is 0.407 e. The summed E-state index contributed by atoms with van der Waals surface area (Å²) >= 11 is 0. The SMILES string of the molecule is CCOC(=O)NC1CC(c2ccccc2)CN(C(N)=O)C1. The van der Waals surface area contributed by atoms with Gasteiger partial charge in [0.05, 0.1) is 12.6 Å². The van der Waals surface area contributed by atoms with Crippen LogP contribution >= 0.6 is 0 Å². The normalized spacial score (nSPS) is 21.7. The fourth-order valence-electron chi connectivity index (χ4n) is 2.69. The Labute approximate surface area is 124 Å². The van der Waals surface area contributed by atoms with Gasteiger partial charge in [-0.05, 0) is 18.9 Å². The number of rotatable bonds is 3. The molecule has 1 aromatic rings. The van der Waals surface area contributed by atoms with Crippen LogP contribution in [-0.2, 0) is 4.74 Å². The number of hydrogen-bond donors (Lipinski definition) is 2. The standard InChI is InChI=1S/C15H21N3O3/c1-2-21-15(20)17-13-8-12(9-18(10-13)14(16)19)11-6-4-3-5-7-11/h3-7,12-13H,2,8-10H2,1H3,(H2,16,19)(H,17,20). The lowest BCUT2D eigenvalue weighted by molar-refractivity contribution is 0.133. The van der Waals surface area contributed by atoms with Crippen molar-refractivity contribution < 1.29 is 14.3 Å². The molecule has 1 aliphatic heterocycles. The van der Waals surface area contributed by atoms with Crippen molar-refractivity contribution in [2.75, 3.05) is 19.7 Å². The molecule has 21 heavy (non-hydrogen) atoms. The number of nitrogens with one attached hydrogen (secondary N) is 1. The fraction of sp³-hybridized carbons (Fsp3) is 0.467. The number of primary amides is 1. The molecule has 1 heterocycles. The predicted molar refractivity (Wildman–Crippen MR) is 78.9 cm³/mol. The minimum atomic E-state index is -0.466. The molecule has 0 bridgehead atoms. The summed E-state index contributed by atoms with van der Waals surface area (Å²) in [5.74, 6) is 0.152.